The lowest BCUT2D eigenvalue weighted by atomic mass is 9.98. The molecule has 0 spiro atoms. The van der Waals surface area contributed by atoms with Gasteiger partial charge in [-0.25, -0.2) is 0 Å². The van der Waals surface area contributed by atoms with Gasteiger partial charge in [0.15, 0.2) is 12.2 Å². The molecule has 1 fully saturated rings. The van der Waals surface area contributed by atoms with E-state index in [1.54, 1.807) is 0 Å². The Balaban J connectivity index is 3.15. The zero-order valence-corrected chi connectivity index (χ0v) is 20.9. The minimum absolute atomic E-state index is 0.000871. The van der Waals surface area contributed by atoms with Crippen LogP contribution in [0.1, 0.15) is 40.5 Å². The third-order valence-electron chi connectivity index (χ3n) is 4.86. The normalized spacial score (nSPS) is 23.9. The fourth-order valence-electron chi connectivity index (χ4n) is 3.45. The van der Waals surface area contributed by atoms with Crippen LogP contribution in [0, 0.1) is 12.3 Å². The Kier molecular flexibility index (Phi) is 11.6. The van der Waals surface area contributed by atoms with Gasteiger partial charge in [0, 0.05) is 34.1 Å². The van der Waals surface area contributed by atoms with Crippen LogP contribution in [0.5, 0.6) is 0 Å². The molecule has 35 heavy (non-hydrogen) atoms. The van der Waals surface area contributed by atoms with Gasteiger partial charge in [-0.05, 0) is 5.92 Å². The SMILES string of the molecule is C#CC[N+](C)(C)CCCC(=O)OC1OC(COC(C)=O)[C@@H](OC(C)=O)[C@H](OC(C)=O)[C@H]1OC(C)=O. The number of esters is 5. The number of terminal acetylenes is 1. The first-order valence-electron chi connectivity index (χ1n) is 11.0. The number of carbonyl (C=O) groups is 5. The minimum Gasteiger partial charge on any atom is -0.463 e. The molecule has 1 heterocycles. The van der Waals surface area contributed by atoms with Crippen molar-refractivity contribution in [3.8, 4) is 12.3 Å². The highest BCUT2D eigenvalue weighted by Crippen LogP contribution is 2.30. The average molecular weight is 501 g/mol. The zero-order chi connectivity index (χ0) is 26.8. The van der Waals surface area contributed by atoms with E-state index in [0.717, 1.165) is 27.7 Å². The Morgan fingerprint density at radius 2 is 1.37 bits per heavy atom. The van der Waals surface area contributed by atoms with Gasteiger partial charge in [-0.3, -0.25) is 24.0 Å². The predicted molar refractivity (Wildman–Crippen MR) is 118 cm³/mol. The number of rotatable bonds is 11. The van der Waals surface area contributed by atoms with Crippen LogP contribution in [-0.4, -0.2) is 98.8 Å². The topological polar surface area (TPSA) is 141 Å². The Labute approximate surface area is 204 Å². The van der Waals surface area contributed by atoms with Crippen molar-refractivity contribution in [3.63, 3.8) is 0 Å². The van der Waals surface area contributed by atoms with Gasteiger partial charge < -0.3 is 32.9 Å². The maximum Gasteiger partial charge on any atom is 0.308 e. The highest BCUT2D eigenvalue weighted by molar-refractivity contribution is 5.70. The lowest BCUT2D eigenvalue weighted by Gasteiger charge is -2.43. The van der Waals surface area contributed by atoms with E-state index in [1.165, 1.54) is 0 Å². The lowest BCUT2D eigenvalue weighted by molar-refractivity contribution is -0.883. The average Bonchev–Trinajstić information content (AvgIpc) is 2.69. The largest absolute Gasteiger partial charge is 0.463 e. The van der Waals surface area contributed by atoms with Gasteiger partial charge in [0.25, 0.3) is 0 Å². The number of carbonyl (C=O) groups excluding carboxylic acids is 5. The molecule has 0 bridgehead atoms. The van der Waals surface area contributed by atoms with Gasteiger partial charge in [-0.2, -0.15) is 0 Å². The van der Waals surface area contributed by atoms with Crippen LogP contribution in [0.4, 0.5) is 0 Å². The Hall–Kier alpha value is -3.17. The van der Waals surface area contributed by atoms with Gasteiger partial charge >= 0.3 is 29.8 Å². The summed E-state index contributed by atoms with van der Waals surface area (Å²) in [6.07, 6.45) is -1.10. The third kappa shape index (κ3) is 10.7. The van der Waals surface area contributed by atoms with Gasteiger partial charge in [-0.15, -0.1) is 6.42 Å². The summed E-state index contributed by atoms with van der Waals surface area (Å²) in [6, 6.07) is 0. The summed E-state index contributed by atoms with van der Waals surface area (Å²) < 4.78 is 32.4. The molecule has 1 saturated heterocycles. The smallest absolute Gasteiger partial charge is 0.308 e. The fourth-order valence-corrected chi connectivity index (χ4v) is 3.45. The summed E-state index contributed by atoms with van der Waals surface area (Å²) in [5.74, 6) is -1.08. The molecule has 0 aromatic heterocycles. The maximum absolute atomic E-state index is 12.6. The molecule has 12 heteroatoms. The van der Waals surface area contributed by atoms with E-state index in [-0.39, 0.29) is 6.42 Å². The Bertz CT molecular complexity index is 832. The predicted octanol–water partition coefficient (Wildman–Crippen LogP) is 0.103. The van der Waals surface area contributed by atoms with Crippen LogP contribution in [0.25, 0.3) is 0 Å². The van der Waals surface area contributed by atoms with Gasteiger partial charge in [-0.1, -0.05) is 0 Å². The van der Waals surface area contributed by atoms with Crippen LogP contribution in [0.2, 0.25) is 0 Å². The van der Waals surface area contributed by atoms with E-state index in [4.69, 9.17) is 34.8 Å². The van der Waals surface area contributed by atoms with Crippen LogP contribution in [0.3, 0.4) is 0 Å². The van der Waals surface area contributed by atoms with E-state index in [1.807, 2.05) is 14.1 Å². The molecule has 0 amide bonds. The van der Waals surface area contributed by atoms with Gasteiger partial charge in [0.05, 0.1) is 27.1 Å². The molecule has 1 aliphatic rings. The summed E-state index contributed by atoms with van der Waals surface area (Å²) in [7, 11) is 3.84. The minimum atomic E-state index is -1.53. The van der Waals surface area contributed by atoms with E-state index in [9.17, 15) is 24.0 Å². The van der Waals surface area contributed by atoms with Crippen molar-refractivity contribution < 1.29 is 56.9 Å². The molecule has 0 aromatic carbocycles. The summed E-state index contributed by atoms with van der Waals surface area (Å²) in [5, 5.41) is 0. The highest BCUT2D eigenvalue weighted by Gasteiger charge is 2.53. The lowest BCUT2D eigenvalue weighted by Crippen LogP contribution is -2.63. The van der Waals surface area contributed by atoms with Crippen LogP contribution in [-0.2, 0) is 52.4 Å². The van der Waals surface area contributed by atoms with Gasteiger partial charge in [0.2, 0.25) is 12.4 Å². The van der Waals surface area contributed by atoms with Crippen molar-refractivity contribution in [2.75, 3.05) is 33.8 Å². The first kappa shape index (κ1) is 29.9. The molecule has 0 aromatic rings. The second-order valence-corrected chi connectivity index (χ2v) is 8.68. The van der Waals surface area contributed by atoms with E-state index in [0.29, 0.717) is 24.0 Å². The second kappa shape index (κ2) is 13.7. The number of quaternary nitrogens is 1. The first-order chi connectivity index (χ1) is 16.3. The monoisotopic (exact) mass is 500 g/mol. The maximum atomic E-state index is 12.6. The molecule has 12 nitrogen and oxygen atoms in total. The molecular weight excluding hydrogens is 466 g/mol. The van der Waals surface area contributed by atoms with Crippen LogP contribution < -0.4 is 0 Å². The molecule has 0 radical (unpaired) electrons. The summed E-state index contributed by atoms with van der Waals surface area (Å²) in [6.45, 7) is 5.13. The van der Waals surface area contributed by atoms with Crippen molar-refractivity contribution in [2.24, 2.45) is 0 Å². The molecule has 0 aliphatic carbocycles. The Morgan fingerprint density at radius 1 is 0.829 bits per heavy atom. The van der Waals surface area contributed by atoms with Crippen LogP contribution in [0.15, 0.2) is 0 Å². The van der Waals surface area contributed by atoms with Crippen LogP contribution >= 0.6 is 0 Å². The van der Waals surface area contributed by atoms with Gasteiger partial charge in [0.1, 0.15) is 19.3 Å². The molecule has 5 atom stereocenters. The van der Waals surface area contributed by atoms with Crippen molar-refractivity contribution >= 4 is 29.8 Å². The Morgan fingerprint density at radius 3 is 1.89 bits per heavy atom. The first-order valence-corrected chi connectivity index (χ1v) is 11.0. The number of ether oxygens (including phenoxy) is 6. The summed E-state index contributed by atoms with van der Waals surface area (Å²) in [5.41, 5.74) is 0. The molecular formula is C23H34NO11+. The number of nitrogens with zero attached hydrogens (tertiary/aromatic N) is 1. The third-order valence-corrected chi connectivity index (χ3v) is 4.86. The van der Waals surface area contributed by atoms with Crippen molar-refractivity contribution in [1.82, 2.24) is 0 Å². The van der Waals surface area contributed by atoms with E-state index < -0.39 is 67.2 Å². The fraction of sp³-hybridized carbons (Fsp3) is 0.696. The highest BCUT2D eigenvalue weighted by atomic mass is 16.7. The molecule has 1 rings (SSSR count). The van der Waals surface area contributed by atoms with Crippen molar-refractivity contribution in [3.05, 3.63) is 0 Å². The quantitative estimate of drug-likeness (QED) is 0.165. The summed E-state index contributed by atoms with van der Waals surface area (Å²) >= 11 is 0. The second-order valence-electron chi connectivity index (χ2n) is 8.68. The number of hydrogen-bond donors (Lipinski definition) is 0. The van der Waals surface area contributed by atoms with Crippen molar-refractivity contribution in [1.29, 1.82) is 0 Å². The van der Waals surface area contributed by atoms with E-state index >= 15 is 0 Å². The zero-order valence-electron chi connectivity index (χ0n) is 20.9. The molecule has 196 valence electrons. The molecule has 1 aliphatic heterocycles. The molecule has 0 N–H and O–H groups in total. The van der Waals surface area contributed by atoms with Crippen molar-refractivity contribution in [2.45, 2.75) is 71.2 Å². The standard InChI is InChI=1S/C23H34NO11/c1-8-11-24(6,7)12-9-10-19(29)35-23-22(33-17(5)28)21(32-16(4)27)20(31-15(3)26)18(34-23)13-30-14(2)25/h1,18,20-23H,9-13H2,2-7H3/q+1/t18?,20-,21+,22-,23?/m1/s1. The summed E-state index contributed by atoms with van der Waals surface area (Å²) in [4.78, 5) is 59.3. The number of hydrogen-bond acceptors (Lipinski definition) is 11. The molecule has 2 unspecified atom stereocenters. The van der Waals surface area contributed by atoms with E-state index in [2.05, 4.69) is 5.92 Å². The molecule has 0 saturated carbocycles.